The maximum Gasteiger partial charge on any atom is 0.105 e. The Morgan fingerprint density at radius 3 is 2.83 bits per heavy atom. The molecule has 1 aliphatic heterocycles. The van der Waals surface area contributed by atoms with E-state index in [-0.39, 0.29) is 5.92 Å². The van der Waals surface area contributed by atoms with Crippen molar-refractivity contribution >= 4 is 0 Å². The van der Waals surface area contributed by atoms with Crippen molar-refractivity contribution in [2.24, 2.45) is 5.92 Å². The van der Waals surface area contributed by atoms with Crippen LogP contribution in [0.5, 0.6) is 0 Å². The maximum absolute atomic E-state index is 13.3. The van der Waals surface area contributed by atoms with Gasteiger partial charge in [0.1, 0.15) is 6.17 Å². The summed E-state index contributed by atoms with van der Waals surface area (Å²) < 4.78 is 13.3. The van der Waals surface area contributed by atoms with E-state index in [9.17, 15) is 4.39 Å². The van der Waals surface area contributed by atoms with Crippen LogP contribution >= 0.6 is 0 Å². The Hall–Kier alpha value is -0.620. The second-order valence-electron chi connectivity index (χ2n) is 3.52. The predicted octanol–water partition coefficient (Wildman–Crippen LogP) is 1.58. The zero-order valence-electron chi connectivity index (χ0n) is 7.46. The van der Waals surface area contributed by atoms with Gasteiger partial charge >= 0.3 is 0 Å². The molecule has 0 saturated carbocycles. The summed E-state index contributed by atoms with van der Waals surface area (Å²) >= 11 is 0. The molecule has 0 aromatic carbocycles. The molecule has 3 heteroatoms. The van der Waals surface area contributed by atoms with Crippen LogP contribution in [-0.2, 0) is 0 Å². The molecule has 12 heavy (non-hydrogen) atoms. The van der Waals surface area contributed by atoms with E-state index < -0.39 is 6.17 Å². The van der Waals surface area contributed by atoms with Crippen LogP contribution in [0.15, 0.2) is 0 Å². The number of hydrogen-bond donors (Lipinski definition) is 0. The minimum atomic E-state index is -0.769. The standard InChI is InChI=1S/C9H15FN2/c1-12-6-3-8(2-5-11)9(10)4-7-12/h8-9H,2-4,6-7H2,1H3/t8-,9-/m1/s1. The summed E-state index contributed by atoms with van der Waals surface area (Å²) in [6, 6.07) is 2.05. The number of alkyl halides is 1. The maximum atomic E-state index is 13.3. The molecule has 0 aliphatic carbocycles. The Balaban J connectivity index is 2.45. The average Bonchev–Trinajstić information content (AvgIpc) is 2.20. The molecule has 1 saturated heterocycles. The van der Waals surface area contributed by atoms with Crippen molar-refractivity contribution in [1.82, 2.24) is 4.90 Å². The molecule has 1 rings (SSSR count). The highest BCUT2D eigenvalue weighted by Gasteiger charge is 2.24. The van der Waals surface area contributed by atoms with Gasteiger partial charge in [0.25, 0.3) is 0 Å². The fourth-order valence-electron chi connectivity index (χ4n) is 1.61. The fraction of sp³-hybridized carbons (Fsp3) is 0.889. The first kappa shape index (κ1) is 9.47. The fourth-order valence-corrected chi connectivity index (χ4v) is 1.61. The molecule has 0 aromatic rings. The molecule has 0 unspecified atom stereocenters. The largest absolute Gasteiger partial charge is 0.306 e. The van der Waals surface area contributed by atoms with Crippen molar-refractivity contribution in [3.05, 3.63) is 0 Å². The van der Waals surface area contributed by atoms with Gasteiger partial charge in [-0.05, 0) is 26.4 Å². The number of nitrogens with zero attached hydrogens (tertiary/aromatic N) is 2. The van der Waals surface area contributed by atoms with Gasteiger partial charge in [-0.1, -0.05) is 0 Å². The summed E-state index contributed by atoms with van der Waals surface area (Å²) in [6.07, 6.45) is 1.01. The molecule has 1 aliphatic rings. The van der Waals surface area contributed by atoms with E-state index in [0.717, 1.165) is 19.5 Å². The lowest BCUT2D eigenvalue weighted by Crippen LogP contribution is -2.18. The van der Waals surface area contributed by atoms with Crippen LogP contribution < -0.4 is 0 Å². The molecule has 1 fully saturated rings. The highest BCUT2D eigenvalue weighted by Crippen LogP contribution is 2.22. The Kier molecular flexibility index (Phi) is 3.48. The van der Waals surface area contributed by atoms with E-state index in [4.69, 9.17) is 5.26 Å². The van der Waals surface area contributed by atoms with Gasteiger partial charge in [0, 0.05) is 18.9 Å². The van der Waals surface area contributed by atoms with Crippen molar-refractivity contribution in [3.8, 4) is 6.07 Å². The minimum absolute atomic E-state index is 0.0278. The predicted molar refractivity (Wildman–Crippen MR) is 45.3 cm³/mol. The van der Waals surface area contributed by atoms with Gasteiger partial charge in [-0.2, -0.15) is 5.26 Å². The summed E-state index contributed by atoms with van der Waals surface area (Å²) in [5.74, 6) is -0.0278. The summed E-state index contributed by atoms with van der Waals surface area (Å²) in [5, 5.41) is 8.46. The first-order valence-corrected chi connectivity index (χ1v) is 4.43. The van der Waals surface area contributed by atoms with Gasteiger partial charge in [-0.3, -0.25) is 0 Å². The average molecular weight is 170 g/mol. The molecule has 1 heterocycles. The van der Waals surface area contributed by atoms with Gasteiger partial charge in [0.15, 0.2) is 0 Å². The minimum Gasteiger partial charge on any atom is -0.306 e. The Morgan fingerprint density at radius 2 is 2.17 bits per heavy atom. The lowest BCUT2D eigenvalue weighted by Gasteiger charge is -2.13. The molecule has 0 amide bonds. The van der Waals surface area contributed by atoms with Gasteiger partial charge in [-0.15, -0.1) is 0 Å². The van der Waals surface area contributed by atoms with Crippen molar-refractivity contribution in [2.75, 3.05) is 20.1 Å². The van der Waals surface area contributed by atoms with E-state index in [2.05, 4.69) is 11.0 Å². The lowest BCUT2D eigenvalue weighted by atomic mass is 9.96. The molecule has 0 N–H and O–H groups in total. The third-order valence-corrected chi connectivity index (χ3v) is 2.53. The molecular weight excluding hydrogens is 155 g/mol. The molecule has 0 aromatic heterocycles. The third kappa shape index (κ3) is 2.46. The number of likely N-dealkylation sites (tertiary alicyclic amines) is 1. The van der Waals surface area contributed by atoms with Crippen LogP contribution in [0.3, 0.4) is 0 Å². The topological polar surface area (TPSA) is 27.0 Å². The van der Waals surface area contributed by atoms with E-state index in [1.807, 2.05) is 7.05 Å². The summed E-state index contributed by atoms with van der Waals surface area (Å²) in [6.45, 7) is 1.75. The molecule has 2 atom stereocenters. The number of halogens is 1. The van der Waals surface area contributed by atoms with Crippen LogP contribution in [0.4, 0.5) is 4.39 Å². The van der Waals surface area contributed by atoms with Crippen LogP contribution in [-0.4, -0.2) is 31.2 Å². The summed E-state index contributed by atoms with van der Waals surface area (Å²) in [7, 11) is 2.00. The van der Waals surface area contributed by atoms with Crippen molar-refractivity contribution < 1.29 is 4.39 Å². The summed E-state index contributed by atoms with van der Waals surface area (Å²) in [4.78, 5) is 2.13. The molecule has 0 radical (unpaired) electrons. The number of nitriles is 1. The molecule has 0 bridgehead atoms. The lowest BCUT2D eigenvalue weighted by molar-refractivity contribution is 0.222. The first-order chi connectivity index (χ1) is 5.74. The van der Waals surface area contributed by atoms with Crippen LogP contribution in [0.1, 0.15) is 19.3 Å². The van der Waals surface area contributed by atoms with E-state index >= 15 is 0 Å². The van der Waals surface area contributed by atoms with Crippen LogP contribution in [0.25, 0.3) is 0 Å². The Bertz CT molecular complexity index is 176. The Morgan fingerprint density at radius 1 is 1.50 bits per heavy atom. The Labute approximate surface area is 73.0 Å². The van der Waals surface area contributed by atoms with E-state index in [1.165, 1.54) is 0 Å². The number of rotatable bonds is 1. The molecule has 0 spiro atoms. The zero-order chi connectivity index (χ0) is 8.97. The monoisotopic (exact) mass is 170 g/mol. The highest BCUT2D eigenvalue weighted by molar-refractivity contribution is 4.83. The number of hydrogen-bond acceptors (Lipinski definition) is 2. The van der Waals surface area contributed by atoms with Crippen molar-refractivity contribution in [3.63, 3.8) is 0 Å². The quantitative estimate of drug-likeness (QED) is 0.597. The van der Waals surface area contributed by atoms with E-state index in [0.29, 0.717) is 12.8 Å². The smallest absolute Gasteiger partial charge is 0.105 e. The van der Waals surface area contributed by atoms with Gasteiger partial charge < -0.3 is 4.90 Å². The van der Waals surface area contributed by atoms with Crippen LogP contribution in [0.2, 0.25) is 0 Å². The SMILES string of the molecule is CN1CC[C@@H](CC#N)[C@H](F)CC1. The van der Waals surface area contributed by atoms with E-state index in [1.54, 1.807) is 0 Å². The normalized spacial score (nSPS) is 32.4. The molecule has 68 valence electrons. The highest BCUT2D eigenvalue weighted by atomic mass is 19.1. The second kappa shape index (κ2) is 4.42. The third-order valence-electron chi connectivity index (χ3n) is 2.53. The van der Waals surface area contributed by atoms with Gasteiger partial charge in [-0.25, -0.2) is 4.39 Å². The molecule has 2 nitrogen and oxygen atoms in total. The first-order valence-electron chi connectivity index (χ1n) is 4.43. The second-order valence-corrected chi connectivity index (χ2v) is 3.52. The van der Waals surface area contributed by atoms with Crippen LogP contribution in [0, 0.1) is 17.2 Å². The summed E-state index contributed by atoms with van der Waals surface area (Å²) in [5.41, 5.74) is 0. The van der Waals surface area contributed by atoms with Gasteiger partial charge in [0.2, 0.25) is 0 Å². The molecular formula is C9H15FN2. The van der Waals surface area contributed by atoms with Crippen molar-refractivity contribution in [2.45, 2.75) is 25.4 Å². The zero-order valence-corrected chi connectivity index (χ0v) is 7.46. The van der Waals surface area contributed by atoms with Crippen molar-refractivity contribution in [1.29, 1.82) is 5.26 Å². The van der Waals surface area contributed by atoms with Gasteiger partial charge in [0.05, 0.1) is 6.07 Å².